The first-order valence-corrected chi connectivity index (χ1v) is 6.89. The van der Waals surface area contributed by atoms with Crippen LogP contribution in [0, 0.1) is 0 Å². The molecule has 0 saturated carbocycles. The Morgan fingerprint density at radius 2 is 2.12 bits per heavy atom. The van der Waals surface area contributed by atoms with Gasteiger partial charge in [0.05, 0.1) is 10.7 Å². The molecule has 2 aromatic rings. The van der Waals surface area contributed by atoms with Crippen LogP contribution in [0.4, 0.5) is 0 Å². The third kappa shape index (κ3) is 2.68. The molecule has 0 saturated heterocycles. The van der Waals surface area contributed by atoms with Gasteiger partial charge in [0.2, 0.25) is 0 Å². The van der Waals surface area contributed by atoms with Gasteiger partial charge < -0.3 is 5.73 Å². The summed E-state index contributed by atoms with van der Waals surface area (Å²) in [6.07, 6.45) is 2.06. The largest absolute Gasteiger partial charge is 0.326 e. The third-order valence-electron chi connectivity index (χ3n) is 2.55. The fraction of sp³-hybridized carbons (Fsp3) is 0.308. The molecule has 0 aliphatic heterocycles. The molecular formula is C13H15ClN2S. The van der Waals surface area contributed by atoms with Crippen molar-refractivity contribution < 1.29 is 0 Å². The van der Waals surface area contributed by atoms with Crippen molar-refractivity contribution in [3.63, 3.8) is 0 Å². The Morgan fingerprint density at radius 1 is 1.35 bits per heavy atom. The molecule has 0 amide bonds. The number of benzene rings is 1. The number of hydrogen-bond acceptors (Lipinski definition) is 3. The van der Waals surface area contributed by atoms with Gasteiger partial charge in [-0.3, -0.25) is 0 Å². The molecule has 90 valence electrons. The van der Waals surface area contributed by atoms with E-state index < -0.39 is 0 Å². The minimum absolute atomic E-state index is 0.553. The van der Waals surface area contributed by atoms with Crippen molar-refractivity contribution in [1.29, 1.82) is 0 Å². The number of aromatic nitrogens is 1. The van der Waals surface area contributed by atoms with E-state index in [2.05, 4.69) is 11.9 Å². The molecule has 2 N–H and O–H groups in total. The molecule has 4 heteroatoms. The number of rotatable bonds is 4. The molecular weight excluding hydrogens is 252 g/mol. The van der Waals surface area contributed by atoms with Crippen LogP contribution in [0.5, 0.6) is 0 Å². The fourth-order valence-electron chi connectivity index (χ4n) is 1.72. The summed E-state index contributed by atoms with van der Waals surface area (Å²) in [5.41, 5.74) is 7.86. The Bertz CT molecular complexity index is 508. The van der Waals surface area contributed by atoms with Crippen molar-refractivity contribution in [1.82, 2.24) is 4.98 Å². The van der Waals surface area contributed by atoms with Crippen LogP contribution in [0.15, 0.2) is 24.3 Å². The Hall–Kier alpha value is -0.900. The van der Waals surface area contributed by atoms with Gasteiger partial charge in [0.25, 0.3) is 0 Å². The van der Waals surface area contributed by atoms with Gasteiger partial charge in [-0.25, -0.2) is 4.98 Å². The highest BCUT2D eigenvalue weighted by Gasteiger charge is 2.12. The average Bonchev–Trinajstić information content (AvgIpc) is 2.73. The average molecular weight is 267 g/mol. The molecule has 0 unspecified atom stereocenters. The molecule has 1 aromatic heterocycles. The Labute approximate surface area is 110 Å². The topological polar surface area (TPSA) is 38.9 Å². The zero-order valence-corrected chi connectivity index (χ0v) is 11.3. The van der Waals surface area contributed by atoms with Gasteiger partial charge in [0, 0.05) is 17.0 Å². The Kier molecular flexibility index (Phi) is 4.15. The van der Waals surface area contributed by atoms with Gasteiger partial charge in [-0.05, 0) is 12.5 Å². The molecule has 0 bridgehead atoms. The smallest absolute Gasteiger partial charge is 0.125 e. The second-order valence-electron chi connectivity index (χ2n) is 3.82. The number of halogens is 1. The number of nitrogens with two attached hydrogens (primary N) is 1. The maximum atomic E-state index is 6.18. The van der Waals surface area contributed by atoms with Crippen molar-refractivity contribution in [3.05, 3.63) is 39.9 Å². The van der Waals surface area contributed by atoms with Crippen LogP contribution < -0.4 is 5.73 Å². The molecule has 0 radical (unpaired) electrons. The van der Waals surface area contributed by atoms with Crippen molar-refractivity contribution in [2.24, 2.45) is 5.73 Å². The summed E-state index contributed by atoms with van der Waals surface area (Å²) in [4.78, 5) is 5.82. The monoisotopic (exact) mass is 266 g/mol. The predicted molar refractivity (Wildman–Crippen MR) is 74.4 cm³/mol. The summed E-state index contributed by atoms with van der Waals surface area (Å²) in [6, 6.07) is 7.79. The molecule has 1 heterocycles. The number of thiazole rings is 1. The first-order valence-electron chi connectivity index (χ1n) is 5.69. The minimum Gasteiger partial charge on any atom is -0.326 e. The zero-order chi connectivity index (χ0) is 12.3. The van der Waals surface area contributed by atoms with Crippen molar-refractivity contribution in [2.45, 2.75) is 26.3 Å². The first-order chi connectivity index (χ1) is 8.26. The second-order valence-corrected chi connectivity index (χ2v) is 5.31. The van der Waals surface area contributed by atoms with Crippen molar-refractivity contribution in [2.75, 3.05) is 0 Å². The van der Waals surface area contributed by atoms with E-state index in [0.29, 0.717) is 6.54 Å². The molecule has 2 nitrogen and oxygen atoms in total. The van der Waals surface area contributed by atoms with E-state index in [1.807, 2.05) is 24.3 Å². The van der Waals surface area contributed by atoms with E-state index >= 15 is 0 Å². The lowest BCUT2D eigenvalue weighted by atomic mass is 10.2. The quantitative estimate of drug-likeness (QED) is 0.912. The number of aryl methyl sites for hydroxylation is 1. The SMILES string of the molecule is CCCc1nc(-c2ccccc2Cl)sc1CN. The van der Waals surface area contributed by atoms with Crippen LogP contribution in [0.2, 0.25) is 5.02 Å². The third-order valence-corrected chi connectivity index (χ3v) is 4.04. The lowest BCUT2D eigenvalue weighted by Crippen LogP contribution is -1.97. The molecule has 0 spiro atoms. The second kappa shape index (κ2) is 5.63. The van der Waals surface area contributed by atoms with Gasteiger partial charge in [-0.1, -0.05) is 43.1 Å². The normalized spacial score (nSPS) is 10.8. The molecule has 0 aliphatic rings. The molecule has 2 rings (SSSR count). The van der Waals surface area contributed by atoms with Gasteiger partial charge in [-0.2, -0.15) is 0 Å². The lowest BCUT2D eigenvalue weighted by molar-refractivity contribution is 0.872. The van der Waals surface area contributed by atoms with Crippen molar-refractivity contribution >= 4 is 22.9 Å². The zero-order valence-electron chi connectivity index (χ0n) is 9.74. The van der Waals surface area contributed by atoms with Gasteiger partial charge in [0.1, 0.15) is 5.01 Å². The van der Waals surface area contributed by atoms with Crippen LogP contribution in [-0.4, -0.2) is 4.98 Å². The Morgan fingerprint density at radius 3 is 2.76 bits per heavy atom. The van der Waals surface area contributed by atoms with Crippen LogP contribution in [-0.2, 0) is 13.0 Å². The number of nitrogens with zero attached hydrogens (tertiary/aromatic N) is 1. The molecule has 17 heavy (non-hydrogen) atoms. The first kappa shape index (κ1) is 12.6. The summed E-state index contributed by atoms with van der Waals surface area (Å²) >= 11 is 7.82. The molecule has 0 fully saturated rings. The molecule has 1 aromatic carbocycles. The van der Waals surface area contributed by atoms with E-state index in [0.717, 1.165) is 34.1 Å². The van der Waals surface area contributed by atoms with Gasteiger partial charge in [0.15, 0.2) is 0 Å². The van der Waals surface area contributed by atoms with E-state index in [4.69, 9.17) is 17.3 Å². The lowest BCUT2D eigenvalue weighted by Gasteiger charge is -1.98. The van der Waals surface area contributed by atoms with E-state index in [-0.39, 0.29) is 0 Å². The molecule has 0 atom stereocenters. The highest BCUT2D eigenvalue weighted by molar-refractivity contribution is 7.15. The van der Waals surface area contributed by atoms with Crippen LogP contribution in [0.25, 0.3) is 10.6 Å². The van der Waals surface area contributed by atoms with Crippen molar-refractivity contribution in [3.8, 4) is 10.6 Å². The fourth-order valence-corrected chi connectivity index (χ4v) is 3.03. The highest BCUT2D eigenvalue weighted by atomic mass is 35.5. The summed E-state index contributed by atoms with van der Waals surface area (Å²) in [7, 11) is 0. The highest BCUT2D eigenvalue weighted by Crippen LogP contribution is 2.33. The Balaban J connectivity index is 2.43. The van der Waals surface area contributed by atoms with Gasteiger partial charge in [-0.15, -0.1) is 11.3 Å². The summed E-state index contributed by atoms with van der Waals surface area (Å²) < 4.78 is 0. The molecule has 0 aliphatic carbocycles. The maximum Gasteiger partial charge on any atom is 0.125 e. The van der Waals surface area contributed by atoms with Crippen LogP contribution in [0.1, 0.15) is 23.9 Å². The van der Waals surface area contributed by atoms with E-state index in [9.17, 15) is 0 Å². The maximum absolute atomic E-state index is 6.18. The van der Waals surface area contributed by atoms with E-state index in [1.165, 1.54) is 4.88 Å². The van der Waals surface area contributed by atoms with Crippen LogP contribution >= 0.6 is 22.9 Å². The summed E-state index contributed by atoms with van der Waals surface area (Å²) in [6.45, 7) is 2.70. The summed E-state index contributed by atoms with van der Waals surface area (Å²) in [5, 5.41) is 1.72. The standard InChI is InChI=1S/C13H15ClN2S/c1-2-5-11-12(8-15)17-13(16-11)9-6-3-4-7-10(9)14/h3-4,6-7H,2,5,8,15H2,1H3. The van der Waals surface area contributed by atoms with Gasteiger partial charge >= 0.3 is 0 Å². The van der Waals surface area contributed by atoms with E-state index in [1.54, 1.807) is 11.3 Å². The predicted octanol–water partition coefficient (Wildman–Crippen LogP) is 3.87. The summed E-state index contributed by atoms with van der Waals surface area (Å²) in [5.74, 6) is 0. The minimum atomic E-state index is 0.553. The number of hydrogen-bond donors (Lipinski definition) is 1. The van der Waals surface area contributed by atoms with Crippen LogP contribution in [0.3, 0.4) is 0 Å².